The molecular weight excluding hydrogens is 308 g/mol. The summed E-state index contributed by atoms with van der Waals surface area (Å²) in [4.78, 5) is 2.43. The fourth-order valence-electron chi connectivity index (χ4n) is 2.17. The van der Waals surface area contributed by atoms with Crippen LogP contribution in [0.3, 0.4) is 0 Å². The van der Waals surface area contributed by atoms with E-state index in [2.05, 4.69) is 65.4 Å². The van der Waals surface area contributed by atoms with Crippen molar-refractivity contribution >= 4 is 27.3 Å². The summed E-state index contributed by atoms with van der Waals surface area (Å²) in [6.45, 7) is 11.1. The summed E-state index contributed by atoms with van der Waals surface area (Å²) in [5, 5.41) is 5.71. The van der Waals surface area contributed by atoms with Crippen LogP contribution in [0.25, 0.3) is 0 Å². The Morgan fingerprint density at radius 1 is 1.44 bits per heavy atom. The fraction of sp³-hybridized carbons (Fsp3) is 0.714. The Balaban J connectivity index is 2.48. The topological polar surface area (TPSA) is 15.3 Å². The van der Waals surface area contributed by atoms with E-state index >= 15 is 0 Å². The predicted octanol–water partition coefficient (Wildman–Crippen LogP) is 3.97. The quantitative estimate of drug-likeness (QED) is 0.774. The molecule has 1 atom stereocenters. The predicted molar refractivity (Wildman–Crippen MR) is 85.3 cm³/mol. The molecule has 1 aromatic heterocycles. The van der Waals surface area contributed by atoms with E-state index < -0.39 is 0 Å². The van der Waals surface area contributed by atoms with Crippen molar-refractivity contribution in [3.63, 3.8) is 0 Å². The maximum atomic E-state index is 3.52. The summed E-state index contributed by atoms with van der Waals surface area (Å²) in [7, 11) is 2.21. The van der Waals surface area contributed by atoms with Gasteiger partial charge in [-0.15, -0.1) is 11.3 Å². The van der Waals surface area contributed by atoms with Gasteiger partial charge < -0.3 is 10.2 Å². The average molecular weight is 333 g/mol. The molecule has 1 aromatic rings. The van der Waals surface area contributed by atoms with E-state index in [1.165, 1.54) is 15.8 Å². The molecule has 1 N–H and O–H groups in total. The van der Waals surface area contributed by atoms with Crippen LogP contribution in [0, 0.1) is 5.41 Å². The average Bonchev–Trinajstić information content (AvgIpc) is 2.72. The fourth-order valence-corrected chi connectivity index (χ4v) is 3.37. The van der Waals surface area contributed by atoms with Gasteiger partial charge >= 0.3 is 0 Å². The Kier molecular flexibility index (Phi) is 6.85. The van der Waals surface area contributed by atoms with Crippen LogP contribution >= 0.6 is 27.3 Å². The lowest BCUT2D eigenvalue weighted by molar-refractivity contribution is 0.176. The van der Waals surface area contributed by atoms with Crippen LogP contribution in [-0.4, -0.2) is 31.6 Å². The molecule has 1 heterocycles. The third kappa shape index (κ3) is 5.39. The number of hydrogen-bond donors (Lipinski definition) is 1. The van der Waals surface area contributed by atoms with Crippen molar-refractivity contribution in [2.75, 3.05) is 26.7 Å². The normalized spacial score (nSPS) is 15.0. The summed E-state index contributed by atoms with van der Waals surface area (Å²) in [5.41, 5.74) is 1.76. The molecule has 104 valence electrons. The van der Waals surface area contributed by atoms with E-state index in [9.17, 15) is 0 Å². The molecule has 0 aliphatic heterocycles. The van der Waals surface area contributed by atoms with Gasteiger partial charge in [-0.1, -0.05) is 20.8 Å². The summed E-state index contributed by atoms with van der Waals surface area (Å²) in [5.74, 6) is 0. The molecule has 0 aromatic carbocycles. The molecule has 0 saturated carbocycles. The standard InChI is InChI=1S/C14H25BrN2S/c1-5-14(3,10-16-6-2)11-17(4)8-12-7-13(15)18-9-12/h7,9,16H,5-6,8,10-11H2,1-4H3. The minimum atomic E-state index is 0.359. The Labute approximate surface area is 124 Å². The number of halogens is 1. The van der Waals surface area contributed by atoms with Crippen molar-refractivity contribution in [3.05, 3.63) is 20.8 Å². The molecule has 1 unspecified atom stereocenters. The first-order chi connectivity index (χ1) is 8.49. The Morgan fingerprint density at radius 3 is 2.67 bits per heavy atom. The second-order valence-corrected chi connectivity index (χ2v) is 7.67. The highest BCUT2D eigenvalue weighted by molar-refractivity contribution is 9.11. The van der Waals surface area contributed by atoms with E-state index in [4.69, 9.17) is 0 Å². The molecule has 0 aliphatic carbocycles. The summed E-state index contributed by atoms with van der Waals surface area (Å²) in [6, 6.07) is 2.22. The smallest absolute Gasteiger partial charge is 0.0701 e. The summed E-state index contributed by atoms with van der Waals surface area (Å²) < 4.78 is 1.22. The first-order valence-corrected chi connectivity index (χ1v) is 8.28. The van der Waals surface area contributed by atoms with Crippen molar-refractivity contribution in [3.8, 4) is 0 Å². The molecule has 18 heavy (non-hydrogen) atoms. The van der Waals surface area contributed by atoms with Gasteiger partial charge in [0.05, 0.1) is 3.79 Å². The zero-order valence-electron chi connectivity index (χ0n) is 11.9. The highest BCUT2D eigenvalue weighted by atomic mass is 79.9. The molecule has 0 aliphatic rings. The molecule has 0 spiro atoms. The van der Waals surface area contributed by atoms with Gasteiger partial charge in [0.15, 0.2) is 0 Å². The number of nitrogens with one attached hydrogen (secondary N) is 1. The Morgan fingerprint density at radius 2 is 2.17 bits per heavy atom. The van der Waals surface area contributed by atoms with Crippen molar-refractivity contribution in [1.82, 2.24) is 10.2 Å². The highest BCUT2D eigenvalue weighted by Crippen LogP contribution is 2.24. The lowest BCUT2D eigenvalue weighted by Gasteiger charge is -2.33. The van der Waals surface area contributed by atoms with Crippen LogP contribution in [0.2, 0.25) is 0 Å². The SMILES string of the molecule is CCNCC(C)(CC)CN(C)Cc1csc(Br)c1. The van der Waals surface area contributed by atoms with Crippen LogP contribution in [0.4, 0.5) is 0 Å². The monoisotopic (exact) mass is 332 g/mol. The van der Waals surface area contributed by atoms with E-state index in [-0.39, 0.29) is 0 Å². The molecule has 2 nitrogen and oxygen atoms in total. The highest BCUT2D eigenvalue weighted by Gasteiger charge is 2.23. The first-order valence-electron chi connectivity index (χ1n) is 6.61. The Hall–Kier alpha value is 0.100. The van der Waals surface area contributed by atoms with E-state index in [0.29, 0.717) is 5.41 Å². The number of nitrogens with zero attached hydrogens (tertiary/aromatic N) is 1. The molecule has 4 heteroatoms. The van der Waals surface area contributed by atoms with Gasteiger partial charge in [-0.2, -0.15) is 0 Å². The molecule has 0 fully saturated rings. The van der Waals surface area contributed by atoms with E-state index in [1.807, 2.05) is 0 Å². The van der Waals surface area contributed by atoms with Crippen molar-refractivity contribution in [1.29, 1.82) is 0 Å². The molecular formula is C14H25BrN2S. The van der Waals surface area contributed by atoms with Gasteiger partial charge in [0.1, 0.15) is 0 Å². The van der Waals surface area contributed by atoms with E-state index in [0.717, 1.165) is 26.2 Å². The van der Waals surface area contributed by atoms with Crippen LogP contribution < -0.4 is 5.32 Å². The van der Waals surface area contributed by atoms with Crippen molar-refractivity contribution in [2.24, 2.45) is 5.41 Å². The summed E-state index contributed by atoms with van der Waals surface area (Å²) in [6.07, 6.45) is 1.21. The third-order valence-corrected chi connectivity index (χ3v) is 4.93. The summed E-state index contributed by atoms with van der Waals surface area (Å²) >= 11 is 5.28. The minimum absolute atomic E-state index is 0.359. The van der Waals surface area contributed by atoms with Crippen LogP contribution in [0.5, 0.6) is 0 Å². The second kappa shape index (κ2) is 7.63. The zero-order chi connectivity index (χ0) is 13.6. The molecule has 0 saturated heterocycles. The zero-order valence-corrected chi connectivity index (χ0v) is 14.3. The number of rotatable bonds is 8. The number of hydrogen-bond acceptors (Lipinski definition) is 3. The van der Waals surface area contributed by atoms with E-state index in [1.54, 1.807) is 11.3 Å². The molecule has 0 radical (unpaired) electrons. The van der Waals surface area contributed by atoms with Gasteiger partial charge in [-0.25, -0.2) is 0 Å². The first kappa shape index (κ1) is 16.2. The molecule has 1 rings (SSSR count). The van der Waals surface area contributed by atoms with Crippen molar-refractivity contribution < 1.29 is 0 Å². The second-order valence-electron chi connectivity index (χ2n) is 5.38. The van der Waals surface area contributed by atoms with Crippen LogP contribution in [0.1, 0.15) is 32.8 Å². The van der Waals surface area contributed by atoms with Gasteiger partial charge in [-0.05, 0) is 58.4 Å². The van der Waals surface area contributed by atoms with Gasteiger partial charge in [0, 0.05) is 19.6 Å². The lowest BCUT2D eigenvalue weighted by atomic mass is 9.86. The van der Waals surface area contributed by atoms with Crippen molar-refractivity contribution in [2.45, 2.75) is 33.7 Å². The lowest BCUT2D eigenvalue weighted by Crippen LogP contribution is -2.40. The molecule has 0 bridgehead atoms. The maximum absolute atomic E-state index is 3.52. The minimum Gasteiger partial charge on any atom is -0.316 e. The number of thiophene rings is 1. The van der Waals surface area contributed by atoms with Gasteiger partial charge in [-0.3, -0.25) is 0 Å². The van der Waals surface area contributed by atoms with Crippen LogP contribution in [0.15, 0.2) is 15.2 Å². The third-order valence-electron chi connectivity index (χ3n) is 3.38. The molecule has 0 amide bonds. The maximum Gasteiger partial charge on any atom is 0.0701 e. The van der Waals surface area contributed by atoms with Gasteiger partial charge in [0.2, 0.25) is 0 Å². The van der Waals surface area contributed by atoms with Crippen LogP contribution in [-0.2, 0) is 6.54 Å². The van der Waals surface area contributed by atoms with Gasteiger partial charge in [0.25, 0.3) is 0 Å². The largest absolute Gasteiger partial charge is 0.316 e. The Bertz CT molecular complexity index is 353.